The van der Waals surface area contributed by atoms with Gasteiger partial charge >= 0.3 is 5.69 Å². The zero-order chi connectivity index (χ0) is 17.5. The summed E-state index contributed by atoms with van der Waals surface area (Å²) in [7, 11) is 0. The van der Waals surface area contributed by atoms with Crippen molar-refractivity contribution in [1.82, 2.24) is 20.4 Å². The number of hydrogen-bond acceptors (Lipinski definition) is 8. The van der Waals surface area contributed by atoms with E-state index in [4.69, 9.17) is 0 Å². The molecular weight excluding hydrogens is 314 g/mol. The summed E-state index contributed by atoms with van der Waals surface area (Å²) in [6, 6.07) is 3.03. The highest BCUT2D eigenvalue weighted by atomic mass is 16.6. The van der Waals surface area contributed by atoms with Crippen LogP contribution in [-0.2, 0) is 0 Å². The van der Waals surface area contributed by atoms with E-state index in [-0.39, 0.29) is 23.4 Å². The molecule has 1 unspecified atom stereocenters. The normalized spacial score (nSPS) is 11.4. The standard InChI is InChI=1S/C14H17N7O3/c1-3-9(2)18-12-11(21(23)24)13(17-8-16-12)19-20-14(22)10-4-6-15-7-5-10/h4-9H,3H2,1-2H3,(H,20,22)(H2,16,17,18,19). The highest BCUT2D eigenvalue weighted by Gasteiger charge is 2.24. The molecule has 0 spiro atoms. The molecule has 10 nitrogen and oxygen atoms in total. The minimum absolute atomic E-state index is 0.00198. The zero-order valence-corrected chi connectivity index (χ0v) is 13.2. The van der Waals surface area contributed by atoms with Gasteiger partial charge in [-0.25, -0.2) is 9.97 Å². The number of nitro groups is 1. The monoisotopic (exact) mass is 331 g/mol. The first-order valence-electron chi connectivity index (χ1n) is 7.25. The van der Waals surface area contributed by atoms with E-state index in [0.29, 0.717) is 5.56 Å². The molecule has 10 heteroatoms. The van der Waals surface area contributed by atoms with Crippen LogP contribution < -0.4 is 16.2 Å². The maximum atomic E-state index is 12.0. The van der Waals surface area contributed by atoms with Gasteiger partial charge in [0.05, 0.1) is 4.92 Å². The average Bonchev–Trinajstić information content (AvgIpc) is 2.60. The van der Waals surface area contributed by atoms with Crippen molar-refractivity contribution >= 4 is 23.2 Å². The molecule has 0 saturated carbocycles. The molecule has 3 N–H and O–H groups in total. The summed E-state index contributed by atoms with van der Waals surface area (Å²) >= 11 is 0. The maximum Gasteiger partial charge on any atom is 0.354 e. The van der Waals surface area contributed by atoms with Gasteiger partial charge in [0, 0.05) is 24.0 Å². The minimum Gasteiger partial charge on any atom is -0.362 e. The van der Waals surface area contributed by atoms with E-state index in [1.807, 2.05) is 13.8 Å². The van der Waals surface area contributed by atoms with Gasteiger partial charge in [0.1, 0.15) is 6.33 Å². The van der Waals surface area contributed by atoms with E-state index in [0.717, 1.165) is 6.42 Å². The Bertz CT molecular complexity index is 724. The Morgan fingerprint density at radius 1 is 1.29 bits per heavy atom. The molecular formula is C14H17N7O3. The molecule has 0 bridgehead atoms. The Morgan fingerprint density at radius 3 is 2.58 bits per heavy atom. The number of rotatable bonds is 7. The highest BCUT2D eigenvalue weighted by molar-refractivity contribution is 5.94. The van der Waals surface area contributed by atoms with Gasteiger partial charge in [-0.05, 0) is 25.5 Å². The number of carbonyl (C=O) groups excluding carboxylic acids is 1. The van der Waals surface area contributed by atoms with E-state index >= 15 is 0 Å². The summed E-state index contributed by atoms with van der Waals surface area (Å²) in [5, 5.41) is 14.3. The van der Waals surface area contributed by atoms with Gasteiger partial charge in [0.25, 0.3) is 5.91 Å². The smallest absolute Gasteiger partial charge is 0.354 e. The molecule has 0 aromatic carbocycles. The maximum absolute atomic E-state index is 12.0. The predicted molar refractivity (Wildman–Crippen MR) is 87.4 cm³/mol. The molecule has 0 aliphatic carbocycles. The van der Waals surface area contributed by atoms with Gasteiger partial charge in [-0.15, -0.1) is 0 Å². The van der Waals surface area contributed by atoms with Crippen molar-refractivity contribution in [2.45, 2.75) is 26.3 Å². The summed E-state index contributed by atoms with van der Waals surface area (Å²) in [6.07, 6.45) is 4.88. The number of hydrazine groups is 1. The van der Waals surface area contributed by atoms with Crippen molar-refractivity contribution in [3.63, 3.8) is 0 Å². The number of nitrogens with one attached hydrogen (secondary N) is 3. The van der Waals surface area contributed by atoms with Gasteiger partial charge in [-0.3, -0.25) is 30.7 Å². The van der Waals surface area contributed by atoms with Crippen LogP contribution in [0, 0.1) is 10.1 Å². The Hall–Kier alpha value is -3.30. The van der Waals surface area contributed by atoms with Crippen molar-refractivity contribution in [3.8, 4) is 0 Å². The molecule has 126 valence electrons. The SMILES string of the molecule is CCC(C)Nc1ncnc(NNC(=O)c2ccncc2)c1[N+](=O)[O-]. The Balaban J connectivity index is 2.19. The number of amides is 1. The number of pyridine rings is 1. The van der Waals surface area contributed by atoms with E-state index in [1.165, 1.54) is 30.9 Å². The second-order valence-electron chi connectivity index (χ2n) is 4.95. The van der Waals surface area contributed by atoms with E-state index in [9.17, 15) is 14.9 Å². The molecule has 2 rings (SSSR count). The Morgan fingerprint density at radius 2 is 1.96 bits per heavy atom. The number of aromatic nitrogens is 3. The van der Waals surface area contributed by atoms with Crippen molar-refractivity contribution in [2.75, 3.05) is 10.7 Å². The lowest BCUT2D eigenvalue weighted by molar-refractivity contribution is -0.383. The molecule has 0 fully saturated rings. The lowest BCUT2D eigenvalue weighted by Crippen LogP contribution is -2.30. The lowest BCUT2D eigenvalue weighted by Gasteiger charge is -2.14. The lowest BCUT2D eigenvalue weighted by atomic mass is 10.2. The number of anilines is 2. The summed E-state index contributed by atoms with van der Waals surface area (Å²) in [5.74, 6) is -0.491. The van der Waals surface area contributed by atoms with Gasteiger partial charge in [-0.1, -0.05) is 6.92 Å². The van der Waals surface area contributed by atoms with Gasteiger partial charge in [-0.2, -0.15) is 0 Å². The van der Waals surface area contributed by atoms with Crippen molar-refractivity contribution in [3.05, 3.63) is 46.5 Å². The number of carbonyl (C=O) groups is 1. The molecule has 2 aromatic rings. The van der Waals surface area contributed by atoms with E-state index < -0.39 is 10.8 Å². The van der Waals surface area contributed by atoms with Crippen LogP contribution in [0.1, 0.15) is 30.6 Å². The summed E-state index contributed by atoms with van der Waals surface area (Å²) in [6.45, 7) is 3.82. The fraction of sp³-hybridized carbons (Fsp3) is 0.286. The molecule has 2 aromatic heterocycles. The van der Waals surface area contributed by atoms with Crippen LogP contribution in [0.15, 0.2) is 30.9 Å². The molecule has 24 heavy (non-hydrogen) atoms. The molecule has 0 aliphatic heterocycles. The van der Waals surface area contributed by atoms with Gasteiger partial charge < -0.3 is 5.32 Å². The third-order valence-corrected chi connectivity index (χ3v) is 3.24. The third kappa shape index (κ3) is 4.12. The first-order valence-corrected chi connectivity index (χ1v) is 7.25. The van der Waals surface area contributed by atoms with E-state index in [2.05, 4.69) is 31.1 Å². The third-order valence-electron chi connectivity index (χ3n) is 3.24. The Labute approximate surface area is 137 Å². The fourth-order valence-electron chi connectivity index (χ4n) is 1.78. The topological polar surface area (TPSA) is 135 Å². The summed E-state index contributed by atoms with van der Waals surface area (Å²) in [4.78, 5) is 34.3. The highest BCUT2D eigenvalue weighted by Crippen LogP contribution is 2.28. The fourth-order valence-corrected chi connectivity index (χ4v) is 1.78. The largest absolute Gasteiger partial charge is 0.362 e. The van der Waals surface area contributed by atoms with Crippen LogP contribution in [0.2, 0.25) is 0 Å². The molecule has 0 radical (unpaired) electrons. The van der Waals surface area contributed by atoms with Crippen molar-refractivity contribution in [1.29, 1.82) is 0 Å². The second kappa shape index (κ2) is 7.81. The Kier molecular flexibility index (Phi) is 5.55. The molecule has 0 saturated heterocycles. The van der Waals surface area contributed by atoms with Crippen molar-refractivity contribution < 1.29 is 9.72 Å². The molecule has 1 atom stereocenters. The van der Waals surface area contributed by atoms with Gasteiger partial charge in [0.15, 0.2) is 0 Å². The zero-order valence-electron chi connectivity index (χ0n) is 13.2. The quantitative estimate of drug-likeness (QED) is 0.516. The van der Waals surface area contributed by atoms with Crippen LogP contribution in [-0.4, -0.2) is 31.8 Å². The van der Waals surface area contributed by atoms with Crippen LogP contribution in [0.3, 0.4) is 0 Å². The van der Waals surface area contributed by atoms with Gasteiger partial charge in [0.2, 0.25) is 11.6 Å². The van der Waals surface area contributed by atoms with Crippen LogP contribution in [0.5, 0.6) is 0 Å². The summed E-state index contributed by atoms with van der Waals surface area (Å²) < 4.78 is 0. The molecule has 1 amide bonds. The second-order valence-corrected chi connectivity index (χ2v) is 4.95. The first kappa shape index (κ1) is 17.1. The number of hydrogen-bond donors (Lipinski definition) is 3. The first-order chi connectivity index (χ1) is 11.5. The minimum atomic E-state index is -0.606. The molecule has 2 heterocycles. The summed E-state index contributed by atoms with van der Waals surface area (Å²) in [5.41, 5.74) is 4.85. The van der Waals surface area contributed by atoms with Crippen LogP contribution in [0.25, 0.3) is 0 Å². The number of nitrogens with zero attached hydrogens (tertiary/aromatic N) is 4. The molecule has 0 aliphatic rings. The average molecular weight is 331 g/mol. The predicted octanol–water partition coefficient (Wildman–Crippen LogP) is 1.75. The van der Waals surface area contributed by atoms with Crippen LogP contribution >= 0.6 is 0 Å². The van der Waals surface area contributed by atoms with Crippen LogP contribution in [0.4, 0.5) is 17.3 Å². The van der Waals surface area contributed by atoms with Crippen molar-refractivity contribution in [2.24, 2.45) is 0 Å². The van der Waals surface area contributed by atoms with E-state index in [1.54, 1.807) is 0 Å².